The lowest BCUT2D eigenvalue weighted by molar-refractivity contribution is 0.192. The molecule has 2 atom stereocenters. The molecule has 0 bridgehead atoms. The second-order valence-corrected chi connectivity index (χ2v) is 3.02. The molecule has 72 valence electrons. The van der Waals surface area contributed by atoms with Crippen LogP contribution in [0.3, 0.4) is 0 Å². The summed E-state index contributed by atoms with van der Waals surface area (Å²) in [6.45, 7) is 3.48. The number of hydrogen-bond donors (Lipinski definition) is 2. The molecule has 2 heteroatoms. The molecule has 2 nitrogen and oxygen atoms in total. The van der Waals surface area contributed by atoms with Gasteiger partial charge in [-0.1, -0.05) is 24.1 Å². The van der Waals surface area contributed by atoms with Crippen LogP contribution in [0.1, 0.15) is 17.2 Å². The summed E-state index contributed by atoms with van der Waals surface area (Å²) in [6.07, 6.45) is 5.92. The van der Waals surface area contributed by atoms with E-state index in [1.54, 1.807) is 6.07 Å². The number of benzene rings is 1. The zero-order chi connectivity index (χ0) is 10.6. The first-order valence-electron chi connectivity index (χ1n) is 4.32. The van der Waals surface area contributed by atoms with Crippen LogP contribution in [0.25, 0.3) is 0 Å². The molecule has 0 aliphatic heterocycles. The molecule has 0 heterocycles. The molecule has 1 aromatic carbocycles. The van der Waals surface area contributed by atoms with E-state index in [1.807, 2.05) is 18.2 Å². The summed E-state index contributed by atoms with van der Waals surface area (Å²) in [5, 5.41) is 9.45. The molecule has 0 saturated heterocycles. The van der Waals surface area contributed by atoms with Crippen LogP contribution in [0.2, 0.25) is 0 Å². The number of aliphatic hydroxyl groups is 1. The molecule has 0 aromatic heterocycles. The Morgan fingerprint density at radius 2 is 2.29 bits per heavy atom. The van der Waals surface area contributed by atoms with E-state index in [-0.39, 0.29) is 0 Å². The first-order chi connectivity index (χ1) is 6.69. The summed E-state index contributed by atoms with van der Waals surface area (Å²) in [7, 11) is 0. The Bertz CT molecular complexity index is 365. The molecule has 1 rings (SSSR count). The quantitative estimate of drug-likeness (QED) is 0.552. The van der Waals surface area contributed by atoms with Crippen molar-refractivity contribution in [3.63, 3.8) is 0 Å². The maximum Gasteiger partial charge on any atom is 0.0910 e. The van der Waals surface area contributed by atoms with Crippen LogP contribution in [-0.2, 0) is 0 Å². The predicted molar refractivity (Wildman–Crippen MR) is 57.5 cm³/mol. The molecular formula is C12H13NO. The molecule has 0 aliphatic rings. The lowest BCUT2D eigenvalue weighted by Gasteiger charge is -2.15. The molecule has 2 unspecified atom stereocenters. The second-order valence-electron chi connectivity index (χ2n) is 3.02. The molecule has 0 saturated carbocycles. The highest BCUT2D eigenvalue weighted by molar-refractivity contribution is 5.36. The Labute approximate surface area is 84.1 Å². The molecule has 3 N–H and O–H groups in total. The van der Waals surface area contributed by atoms with Crippen LogP contribution in [0.15, 0.2) is 36.9 Å². The fourth-order valence-electron chi connectivity index (χ4n) is 1.18. The number of terminal acetylenes is 1. The van der Waals surface area contributed by atoms with Crippen molar-refractivity contribution in [3.05, 3.63) is 48.0 Å². The van der Waals surface area contributed by atoms with Gasteiger partial charge in [0.05, 0.1) is 12.1 Å². The zero-order valence-corrected chi connectivity index (χ0v) is 7.85. The third-order valence-electron chi connectivity index (χ3n) is 2.05. The summed E-state index contributed by atoms with van der Waals surface area (Å²) in [5.41, 5.74) is 7.35. The summed E-state index contributed by atoms with van der Waals surface area (Å²) in [4.78, 5) is 0. The van der Waals surface area contributed by atoms with E-state index in [0.29, 0.717) is 0 Å². The molecule has 0 fully saturated rings. The topological polar surface area (TPSA) is 46.2 Å². The van der Waals surface area contributed by atoms with Crippen molar-refractivity contribution in [2.75, 3.05) is 0 Å². The van der Waals surface area contributed by atoms with E-state index < -0.39 is 12.1 Å². The molecule has 0 aliphatic carbocycles. The van der Waals surface area contributed by atoms with E-state index in [1.165, 1.54) is 6.08 Å². The van der Waals surface area contributed by atoms with Crippen molar-refractivity contribution < 1.29 is 5.11 Å². The lowest BCUT2D eigenvalue weighted by atomic mass is 10.0. The van der Waals surface area contributed by atoms with E-state index >= 15 is 0 Å². The highest BCUT2D eigenvalue weighted by Gasteiger charge is 2.13. The van der Waals surface area contributed by atoms with Gasteiger partial charge in [0, 0.05) is 5.56 Å². The summed E-state index contributed by atoms with van der Waals surface area (Å²) in [5.74, 6) is 2.52. The van der Waals surface area contributed by atoms with Gasteiger partial charge in [0.1, 0.15) is 0 Å². The standard InChI is InChI=1S/C12H13NO/c1-3-9-6-5-7-10(8-9)12(13)11(14)4-2/h1,4-8,11-12,14H,2,13H2. The van der Waals surface area contributed by atoms with E-state index in [0.717, 1.165) is 11.1 Å². The third-order valence-corrected chi connectivity index (χ3v) is 2.05. The Morgan fingerprint density at radius 3 is 2.86 bits per heavy atom. The highest BCUT2D eigenvalue weighted by atomic mass is 16.3. The van der Waals surface area contributed by atoms with Crippen LogP contribution in [0, 0.1) is 12.3 Å². The Morgan fingerprint density at radius 1 is 1.57 bits per heavy atom. The van der Waals surface area contributed by atoms with Crippen molar-refractivity contribution in [1.82, 2.24) is 0 Å². The van der Waals surface area contributed by atoms with Crippen molar-refractivity contribution >= 4 is 0 Å². The average molecular weight is 187 g/mol. The van der Waals surface area contributed by atoms with Gasteiger partial charge in [0.15, 0.2) is 0 Å². The molecule has 0 spiro atoms. The smallest absolute Gasteiger partial charge is 0.0910 e. The largest absolute Gasteiger partial charge is 0.387 e. The number of aliphatic hydroxyl groups excluding tert-OH is 1. The number of rotatable bonds is 3. The van der Waals surface area contributed by atoms with E-state index in [2.05, 4.69) is 12.5 Å². The van der Waals surface area contributed by atoms with Gasteiger partial charge in [0.25, 0.3) is 0 Å². The van der Waals surface area contributed by atoms with Crippen molar-refractivity contribution in [3.8, 4) is 12.3 Å². The highest BCUT2D eigenvalue weighted by Crippen LogP contribution is 2.15. The molecule has 0 radical (unpaired) electrons. The van der Waals surface area contributed by atoms with Crippen LogP contribution in [0.4, 0.5) is 0 Å². The summed E-state index contributed by atoms with van der Waals surface area (Å²) < 4.78 is 0. The molecule has 0 amide bonds. The Kier molecular flexibility index (Phi) is 3.47. The summed E-state index contributed by atoms with van der Waals surface area (Å²) in [6, 6.07) is 6.78. The Balaban J connectivity index is 2.96. The first kappa shape index (κ1) is 10.5. The maximum atomic E-state index is 9.45. The molecular weight excluding hydrogens is 174 g/mol. The minimum absolute atomic E-state index is 0.471. The average Bonchev–Trinajstić information content (AvgIpc) is 2.27. The van der Waals surface area contributed by atoms with Gasteiger partial charge in [-0.3, -0.25) is 0 Å². The number of nitrogens with two attached hydrogens (primary N) is 1. The maximum absolute atomic E-state index is 9.45. The van der Waals surface area contributed by atoms with Gasteiger partial charge in [-0.25, -0.2) is 0 Å². The molecule has 14 heavy (non-hydrogen) atoms. The van der Waals surface area contributed by atoms with Crippen molar-refractivity contribution in [2.24, 2.45) is 5.73 Å². The van der Waals surface area contributed by atoms with Gasteiger partial charge < -0.3 is 10.8 Å². The minimum Gasteiger partial charge on any atom is -0.387 e. The van der Waals surface area contributed by atoms with Gasteiger partial charge in [-0.15, -0.1) is 13.0 Å². The monoisotopic (exact) mass is 187 g/mol. The lowest BCUT2D eigenvalue weighted by Crippen LogP contribution is -2.24. The zero-order valence-electron chi connectivity index (χ0n) is 7.85. The van der Waals surface area contributed by atoms with Crippen LogP contribution in [-0.4, -0.2) is 11.2 Å². The predicted octanol–water partition coefficient (Wildman–Crippen LogP) is 1.21. The minimum atomic E-state index is -0.747. The summed E-state index contributed by atoms with van der Waals surface area (Å²) >= 11 is 0. The van der Waals surface area contributed by atoms with Crippen LogP contribution >= 0.6 is 0 Å². The van der Waals surface area contributed by atoms with Gasteiger partial charge in [0.2, 0.25) is 0 Å². The number of hydrogen-bond acceptors (Lipinski definition) is 2. The van der Waals surface area contributed by atoms with Gasteiger partial charge >= 0.3 is 0 Å². The van der Waals surface area contributed by atoms with Crippen molar-refractivity contribution in [1.29, 1.82) is 0 Å². The fourth-order valence-corrected chi connectivity index (χ4v) is 1.18. The van der Waals surface area contributed by atoms with Crippen LogP contribution in [0.5, 0.6) is 0 Å². The third kappa shape index (κ3) is 2.23. The van der Waals surface area contributed by atoms with Crippen molar-refractivity contribution in [2.45, 2.75) is 12.1 Å². The van der Waals surface area contributed by atoms with E-state index in [4.69, 9.17) is 12.2 Å². The Hall–Kier alpha value is -1.56. The molecule has 1 aromatic rings. The van der Waals surface area contributed by atoms with Gasteiger partial charge in [-0.2, -0.15) is 0 Å². The van der Waals surface area contributed by atoms with E-state index in [9.17, 15) is 5.11 Å². The normalized spacial score (nSPS) is 14.1. The van der Waals surface area contributed by atoms with Crippen LogP contribution < -0.4 is 5.73 Å². The SMILES string of the molecule is C#Cc1cccc(C(N)C(O)C=C)c1. The second kappa shape index (κ2) is 4.61. The fraction of sp³-hybridized carbons (Fsp3) is 0.167. The van der Waals surface area contributed by atoms with Gasteiger partial charge in [-0.05, 0) is 17.7 Å². The first-order valence-corrected chi connectivity index (χ1v) is 4.32.